The van der Waals surface area contributed by atoms with Crippen LogP contribution in [0.2, 0.25) is 0 Å². The summed E-state index contributed by atoms with van der Waals surface area (Å²) in [4.78, 5) is 29.9. The Morgan fingerprint density at radius 1 is 1.29 bits per heavy atom. The molecule has 9 nitrogen and oxygen atoms in total. The number of nitrogens with zero attached hydrogens (tertiary/aromatic N) is 6. The minimum absolute atomic E-state index is 0.0232. The second kappa shape index (κ2) is 9.88. The summed E-state index contributed by atoms with van der Waals surface area (Å²) >= 11 is 0. The molecule has 0 radical (unpaired) electrons. The third-order valence-electron chi connectivity index (χ3n) is 4.68. The molecule has 0 bridgehead atoms. The first-order valence-corrected chi connectivity index (χ1v) is 9.86. The van der Waals surface area contributed by atoms with E-state index in [-0.39, 0.29) is 30.5 Å². The van der Waals surface area contributed by atoms with E-state index in [1.54, 1.807) is 24.0 Å². The fourth-order valence-electron chi connectivity index (χ4n) is 3.23. The van der Waals surface area contributed by atoms with Crippen LogP contribution < -0.4 is 10.2 Å². The molecule has 0 aromatic carbocycles. The van der Waals surface area contributed by atoms with Gasteiger partial charge in [0.05, 0.1) is 17.6 Å². The smallest absolute Gasteiger partial charge is 0.228 e. The van der Waals surface area contributed by atoms with E-state index in [9.17, 15) is 14.0 Å². The van der Waals surface area contributed by atoms with Crippen LogP contribution in [0.4, 0.5) is 16.0 Å². The lowest BCUT2D eigenvalue weighted by Gasteiger charge is -2.27. The third-order valence-corrected chi connectivity index (χ3v) is 4.68. The van der Waals surface area contributed by atoms with Crippen LogP contribution in [0.1, 0.15) is 37.6 Å². The van der Waals surface area contributed by atoms with Gasteiger partial charge in [-0.15, -0.1) is 10.2 Å². The maximum Gasteiger partial charge on any atom is 0.228 e. The number of amides is 2. The van der Waals surface area contributed by atoms with Gasteiger partial charge in [0, 0.05) is 32.0 Å². The largest absolute Gasteiger partial charge is 0.309 e. The Kier molecular flexibility index (Phi) is 7.01. The Labute approximate surface area is 179 Å². The average Bonchev–Trinajstić information content (AvgIpc) is 3.12. The fraction of sp³-hybridized carbons (Fsp3) is 0.333. The Balaban J connectivity index is 1.54. The summed E-state index contributed by atoms with van der Waals surface area (Å²) in [6, 6.07) is 5.06. The molecule has 162 valence electrons. The van der Waals surface area contributed by atoms with Crippen LogP contribution in [-0.4, -0.2) is 45.1 Å². The number of anilines is 2. The molecule has 0 atom stereocenters. The molecule has 0 saturated heterocycles. The highest BCUT2D eigenvalue weighted by atomic mass is 19.1. The molecule has 2 aromatic heterocycles. The maximum atomic E-state index is 13.5. The van der Waals surface area contributed by atoms with E-state index in [1.165, 1.54) is 6.08 Å². The van der Waals surface area contributed by atoms with Crippen molar-refractivity contribution in [1.29, 1.82) is 0 Å². The van der Waals surface area contributed by atoms with Gasteiger partial charge in [0.1, 0.15) is 11.6 Å². The molecule has 2 amide bonds. The number of halogens is 1. The molecule has 0 unspecified atom stereocenters. The van der Waals surface area contributed by atoms with Crippen LogP contribution in [0.3, 0.4) is 0 Å². The molecule has 0 fully saturated rings. The molecular weight excluding hydrogens is 401 g/mol. The van der Waals surface area contributed by atoms with Crippen molar-refractivity contribution in [2.24, 2.45) is 4.99 Å². The molecule has 1 N–H and O–H groups in total. The van der Waals surface area contributed by atoms with Crippen molar-refractivity contribution in [1.82, 2.24) is 20.0 Å². The molecule has 3 rings (SSSR count). The lowest BCUT2D eigenvalue weighted by molar-refractivity contribution is -0.122. The van der Waals surface area contributed by atoms with Crippen LogP contribution in [0.25, 0.3) is 5.57 Å². The number of carbonyl (C=O) groups excluding carboxylic acids is 2. The average molecular weight is 425 g/mol. The highest BCUT2D eigenvalue weighted by Gasteiger charge is 2.24. The number of fused-ring (bicyclic) bond motifs is 1. The second-order valence-corrected chi connectivity index (χ2v) is 7.14. The van der Waals surface area contributed by atoms with Crippen molar-refractivity contribution in [3.05, 3.63) is 47.7 Å². The van der Waals surface area contributed by atoms with E-state index in [4.69, 9.17) is 0 Å². The standard InChI is InChI=1S/C21H24FN7O2/c1-14(11-16(22)13-23-3)17-5-6-18(26-25-17)24-19(30)7-8-21(31)28-9-4-10-29-20(28)12-15(2)27-29/h5-6,11-13H,3-4,7-10H2,1-2H3,(H,24,26,30)/b14-11+,16-13+. The Bertz CT molecular complexity index is 1040. The number of allylic oxidation sites excluding steroid dienone is 3. The molecule has 0 aliphatic carbocycles. The summed E-state index contributed by atoms with van der Waals surface area (Å²) in [6.07, 6.45) is 3.18. The highest BCUT2D eigenvalue weighted by molar-refractivity contribution is 5.97. The number of carbonyl (C=O) groups is 2. The van der Waals surface area contributed by atoms with Gasteiger partial charge in [-0.2, -0.15) is 5.10 Å². The SMILES string of the molecule is C=N/C=C(F)\C=C(/C)c1ccc(NC(=O)CCC(=O)N2CCCn3nc(C)cc32)nn1. The van der Waals surface area contributed by atoms with Crippen LogP contribution in [0.5, 0.6) is 0 Å². The zero-order valence-corrected chi connectivity index (χ0v) is 17.5. The van der Waals surface area contributed by atoms with Crippen molar-refractivity contribution in [3.8, 4) is 0 Å². The summed E-state index contributed by atoms with van der Waals surface area (Å²) in [5.41, 5.74) is 1.86. The van der Waals surface area contributed by atoms with Gasteiger partial charge in [-0.05, 0) is 50.8 Å². The summed E-state index contributed by atoms with van der Waals surface area (Å²) in [6.45, 7) is 8.15. The summed E-state index contributed by atoms with van der Waals surface area (Å²) in [7, 11) is 0. The zero-order chi connectivity index (χ0) is 22.4. The minimum Gasteiger partial charge on any atom is -0.309 e. The van der Waals surface area contributed by atoms with E-state index in [0.29, 0.717) is 17.8 Å². The Morgan fingerprint density at radius 3 is 2.81 bits per heavy atom. The highest BCUT2D eigenvalue weighted by Crippen LogP contribution is 2.22. The first kappa shape index (κ1) is 22.0. The summed E-state index contributed by atoms with van der Waals surface area (Å²) in [5.74, 6) is 0.0135. The molecule has 0 spiro atoms. The van der Waals surface area contributed by atoms with Crippen LogP contribution >= 0.6 is 0 Å². The van der Waals surface area contributed by atoms with E-state index in [0.717, 1.165) is 30.7 Å². The fourth-order valence-corrected chi connectivity index (χ4v) is 3.23. The third kappa shape index (κ3) is 5.68. The van der Waals surface area contributed by atoms with E-state index in [2.05, 4.69) is 32.3 Å². The van der Waals surface area contributed by atoms with Crippen molar-refractivity contribution in [3.63, 3.8) is 0 Å². The quantitative estimate of drug-likeness (QED) is 0.542. The molecule has 1 aliphatic heterocycles. The molecule has 0 saturated carbocycles. The minimum atomic E-state index is -0.553. The molecule has 3 heterocycles. The predicted molar refractivity (Wildman–Crippen MR) is 116 cm³/mol. The lowest BCUT2D eigenvalue weighted by atomic mass is 10.2. The van der Waals surface area contributed by atoms with E-state index >= 15 is 0 Å². The van der Waals surface area contributed by atoms with Crippen LogP contribution in [-0.2, 0) is 16.1 Å². The number of aryl methyl sites for hydroxylation is 2. The van der Waals surface area contributed by atoms with Gasteiger partial charge in [-0.3, -0.25) is 19.5 Å². The molecular formula is C21H24FN7O2. The van der Waals surface area contributed by atoms with Crippen molar-refractivity contribution >= 4 is 35.7 Å². The summed E-state index contributed by atoms with van der Waals surface area (Å²) < 4.78 is 15.3. The topological polar surface area (TPSA) is 105 Å². The first-order valence-electron chi connectivity index (χ1n) is 9.86. The van der Waals surface area contributed by atoms with Gasteiger partial charge in [-0.25, -0.2) is 9.07 Å². The number of hydrogen-bond acceptors (Lipinski definition) is 6. The molecule has 31 heavy (non-hydrogen) atoms. The monoisotopic (exact) mass is 425 g/mol. The van der Waals surface area contributed by atoms with Gasteiger partial charge >= 0.3 is 0 Å². The maximum absolute atomic E-state index is 13.5. The van der Waals surface area contributed by atoms with Crippen molar-refractivity contribution in [2.45, 2.75) is 39.7 Å². The Morgan fingerprint density at radius 2 is 2.10 bits per heavy atom. The number of rotatable bonds is 7. The van der Waals surface area contributed by atoms with Gasteiger partial charge in [0.2, 0.25) is 11.8 Å². The molecule has 2 aromatic rings. The number of hydrogen-bond donors (Lipinski definition) is 1. The van der Waals surface area contributed by atoms with E-state index < -0.39 is 5.83 Å². The zero-order valence-electron chi connectivity index (χ0n) is 17.5. The van der Waals surface area contributed by atoms with Crippen LogP contribution in [0.15, 0.2) is 41.3 Å². The normalized spacial score (nSPS) is 14.2. The van der Waals surface area contributed by atoms with Gasteiger partial charge in [-0.1, -0.05) is 0 Å². The van der Waals surface area contributed by atoms with Gasteiger partial charge < -0.3 is 5.32 Å². The summed E-state index contributed by atoms with van der Waals surface area (Å²) in [5, 5.41) is 14.9. The van der Waals surface area contributed by atoms with Gasteiger partial charge in [0.15, 0.2) is 5.82 Å². The number of aromatic nitrogens is 4. The number of aliphatic imine (C=N–C) groups is 1. The first-order chi connectivity index (χ1) is 14.9. The van der Waals surface area contributed by atoms with Crippen molar-refractivity contribution < 1.29 is 14.0 Å². The lowest BCUT2D eigenvalue weighted by Crippen LogP contribution is -2.37. The predicted octanol–water partition coefficient (Wildman–Crippen LogP) is 3.05. The second-order valence-electron chi connectivity index (χ2n) is 7.14. The Hall–Kier alpha value is -3.69. The molecule has 10 heteroatoms. The van der Waals surface area contributed by atoms with Crippen LogP contribution in [0, 0.1) is 6.92 Å². The van der Waals surface area contributed by atoms with Crippen molar-refractivity contribution in [2.75, 3.05) is 16.8 Å². The van der Waals surface area contributed by atoms with E-state index in [1.807, 2.05) is 17.7 Å². The number of nitrogens with one attached hydrogen (secondary N) is 1. The van der Waals surface area contributed by atoms with Gasteiger partial charge in [0.25, 0.3) is 0 Å². The molecule has 1 aliphatic rings.